The largest absolute Gasteiger partial charge is 0.469 e. The Morgan fingerprint density at radius 3 is 2.85 bits per heavy atom. The lowest BCUT2D eigenvalue weighted by atomic mass is 10.1. The molecule has 0 aliphatic rings. The number of methoxy groups -OCH3 is 1. The van der Waals surface area contributed by atoms with E-state index in [1.165, 1.54) is 18.1 Å². The van der Waals surface area contributed by atoms with Crippen molar-refractivity contribution in [2.24, 2.45) is 5.92 Å². The molecule has 1 aromatic carbocycles. The van der Waals surface area contributed by atoms with E-state index < -0.39 is 0 Å². The number of aromatic nitrogens is 1. The van der Waals surface area contributed by atoms with E-state index in [0.717, 1.165) is 11.9 Å². The summed E-state index contributed by atoms with van der Waals surface area (Å²) < 4.78 is 4.72. The highest BCUT2D eigenvalue weighted by molar-refractivity contribution is 5.83. The molecule has 4 heteroatoms. The van der Waals surface area contributed by atoms with Gasteiger partial charge in [0.15, 0.2) is 0 Å². The number of carbonyl (C=O) groups is 1. The van der Waals surface area contributed by atoms with Gasteiger partial charge in [0.25, 0.3) is 0 Å². The molecular formula is C16H22N2O2. The Morgan fingerprint density at radius 2 is 2.10 bits per heavy atom. The quantitative estimate of drug-likeness (QED) is 0.796. The molecule has 0 saturated carbocycles. The summed E-state index contributed by atoms with van der Waals surface area (Å²) in [5.74, 6) is -0.290. The van der Waals surface area contributed by atoms with Gasteiger partial charge in [0.1, 0.15) is 0 Å². The van der Waals surface area contributed by atoms with Crippen molar-refractivity contribution in [3.63, 3.8) is 0 Å². The molecule has 0 saturated heterocycles. The fourth-order valence-corrected chi connectivity index (χ4v) is 2.37. The Morgan fingerprint density at radius 1 is 1.35 bits per heavy atom. The molecule has 2 N–H and O–H groups in total. The Hall–Kier alpha value is -1.81. The monoisotopic (exact) mass is 274 g/mol. The van der Waals surface area contributed by atoms with Gasteiger partial charge in [-0.2, -0.15) is 0 Å². The highest BCUT2D eigenvalue weighted by atomic mass is 16.5. The first-order valence-corrected chi connectivity index (χ1v) is 6.98. The van der Waals surface area contributed by atoms with Crippen LogP contribution in [0.15, 0.2) is 30.5 Å². The maximum absolute atomic E-state index is 11.3. The van der Waals surface area contributed by atoms with Crippen LogP contribution in [-0.4, -0.2) is 30.6 Å². The summed E-state index contributed by atoms with van der Waals surface area (Å²) in [7, 11) is 1.42. The molecule has 20 heavy (non-hydrogen) atoms. The average molecular weight is 274 g/mol. The van der Waals surface area contributed by atoms with Crippen LogP contribution in [-0.2, 0) is 16.0 Å². The molecular weight excluding hydrogens is 252 g/mol. The maximum atomic E-state index is 11.3. The molecule has 0 aliphatic carbocycles. The minimum absolute atomic E-state index is 0.120. The van der Waals surface area contributed by atoms with Crippen LogP contribution < -0.4 is 5.32 Å². The zero-order valence-electron chi connectivity index (χ0n) is 12.3. The number of hydrogen-bond donors (Lipinski definition) is 2. The normalized spacial score (nSPS) is 14.2. The van der Waals surface area contributed by atoms with Gasteiger partial charge in [0.05, 0.1) is 13.0 Å². The second-order valence-electron chi connectivity index (χ2n) is 5.30. The minimum atomic E-state index is -0.170. The van der Waals surface area contributed by atoms with Crippen LogP contribution in [0, 0.1) is 5.92 Å². The Kier molecular flexibility index (Phi) is 4.79. The van der Waals surface area contributed by atoms with Gasteiger partial charge in [-0.25, -0.2) is 0 Å². The number of aromatic amines is 1. The first-order chi connectivity index (χ1) is 9.61. The third-order valence-corrected chi connectivity index (χ3v) is 3.58. The zero-order chi connectivity index (χ0) is 14.5. The molecule has 2 atom stereocenters. The SMILES string of the molecule is COC(=O)C(C)CN[C@H](C)Cc1c[nH]c2ccccc12. The van der Waals surface area contributed by atoms with Crippen molar-refractivity contribution in [3.05, 3.63) is 36.0 Å². The molecule has 4 nitrogen and oxygen atoms in total. The van der Waals surface area contributed by atoms with Crippen LogP contribution in [0.4, 0.5) is 0 Å². The second-order valence-corrected chi connectivity index (χ2v) is 5.30. The van der Waals surface area contributed by atoms with E-state index in [4.69, 9.17) is 4.74 Å². The lowest BCUT2D eigenvalue weighted by Gasteiger charge is -2.16. The molecule has 0 aliphatic heterocycles. The van der Waals surface area contributed by atoms with Gasteiger partial charge >= 0.3 is 5.97 Å². The number of fused-ring (bicyclic) bond motifs is 1. The highest BCUT2D eigenvalue weighted by Crippen LogP contribution is 2.19. The van der Waals surface area contributed by atoms with Crippen molar-refractivity contribution < 1.29 is 9.53 Å². The van der Waals surface area contributed by atoms with Gasteiger partial charge in [-0.15, -0.1) is 0 Å². The van der Waals surface area contributed by atoms with Crippen LogP contribution in [0.2, 0.25) is 0 Å². The Balaban J connectivity index is 1.91. The van der Waals surface area contributed by atoms with Gasteiger partial charge < -0.3 is 15.0 Å². The van der Waals surface area contributed by atoms with Crippen molar-refractivity contribution in [2.45, 2.75) is 26.3 Å². The van der Waals surface area contributed by atoms with Crippen LogP contribution in [0.1, 0.15) is 19.4 Å². The Bertz CT molecular complexity index is 577. The predicted molar refractivity (Wildman–Crippen MR) is 80.6 cm³/mol. The van der Waals surface area contributed by atoms with Crippen molar-refractivity contribution in [1.82, 2.24) is 10.3 Å². The van der Waals surface area contributed by atoms with E-state index in [2.05, 4.69) is 41.6 Å². The number of nitrogens with one attached hydrogen (secondary N) is 2. The fourth-order valence-electron chi connectivity index (χ4n) is 2.37. The van der Waals surface area contributed by atoms with Crippen LogP contribution >= 0.6 is 0 Å². The van der Waals surface area contributed by atoms with Crippen LogP contribution in [0.3, 0.4) is 0 Å². The van der Waals surface area contributed by atoms with Gasteiger partial charge in [-0.1, -0.05) is 25.1 Å². The zero-order valence-corrected chi connectivity index (χ0v) is 12.3. The number of benzene rings is 1. The van der Waals surface area contributed by atoms with E-state index in [1.807, 2.05) is 13.0 Å². The molecule has 0 radical (unpaired) electrons. The van der Waals surface area contributed by atoms with Crippen molar-refractivity contribution in [2.75, 3.05) is 13.7 Å². The van der Waals surface area contributed by atoms with Gasteiger partial charge in [0.2, 0.25) is 0 Å². The van der Waals surface area contributed by atoms with E-state index in [-0.39, 0.29) is 11.9 Å². The van der Waals surface area contributed by atoms with Gasteiger partial charge in [-0.3, -0.25) is 4.79 Å². The number of para-hydroxylation sites is 1. The number of carbonyl (C=O) groups excluding carboxylic acids is 1. The molecule has 1 unspecified atom stereocenters. The van der Waals surface area contributed by atoms with E-state index in [1.54, 1.807) is 0 Å². The first kappa shape index (κ1) is 14.6. The third kappa shape index (κ3) is 3.39. The number of hydrogen-bond acceptors (Lipinski definition) is 3. The summed E-state index contributed by atoms with van der Waals surface area (Å²) in [5, 5.41) is 4.65. The number of ether oxygens (including phenoxy) is 1. The van der Waals surface area contributed by atoms with E-state index >= 15 is 0 Å². The molecule has 0 fully saturated rings. The molecule has 1 heterocycles. The second kappa shape index (κ2) is 6.57. The average Bonchev–Trinajstić information content (AvgIpc) is 2.87. The van der Waals surface area contributed by atoms with Crippen molar-refractivity contribution in [1.29, 1.82) is 0 Å². The lowest BCUT2D eigenvalue weighted by Crippen LogP contribution is -2.34. The topological polar surface area (TPSA) is 54.1 Å². The number of rotatable bonds is 6. The Labute approximate surface area is 119 Å². The standard InChI is InChI=1S/C16H22N2O2/c1-11(16(19)20-3)9-17-12(2)8-13-10-18-15-7-5-4-6-14(13)15/h4-7,10-12,17-18H,8-9H2,1-3H3/t11?,12-/m1/s1. The molecule has 108 valence electrons. The number of H-pyrrole nitrogens is 1. The number of esters is 1. The van der Waals surface area contributed by atoms with Crippen LogP contribution in [0.5, 0.6) is 0 Å². The summed E-state index contributed by atoms with van der Waals surface area (Å²) in [6.07, 6.45) is 2.99. The van der Waals surface area contributed by atoms with Crippen molar-refractivity contribution >= 4 is 16.9 Å². The van der Waals surface area contributed by atoms with E-state index in [0.29, 0.717) is 12.6 Å². The van der Waals surface area contributed by atoms with Gasteiger partial charge in [0, 0.05) is 29.7 Å². The molecule has 0 amide bonds. The molecule has 2 aromatic rings. The smallest absolute Gasteiger partial charge is 0.309 e. The predicted octanol–water partition coefficient (Wildman–Crippen LogP) is 2.50. The summed E-state index contributed by atoms with van der Waals surface area (Å²) in [6, 6.07) is 8.60. The minimum Gasteiger partial charge on any atom is -0.469 e. The van der Waals surface area contributed by atoms with Crippen LogP contribution in [0.25, 0.3) is 10.9 Å². The molecule has 2 rings (SSSR count). The summed E-state index contributed by atoms with van der Waals surface area (Å²) in [6.45, 7) is 4.64. The summed E-state index contributed by atoms with van der Waals surface area (Å²) >= 11 is 0. The summed E-state index contributed by atoms with van der Waals surface area (Å²) in [4.78, 5) is 14.6. The fraction of sp³-hybridized carbons (Fsp3) is 0.438. The van der Waals surface area contributed by atoms with Crippen molar-refractivity contribution in [3.8, 4) is 0 Å². The van der Waals surface area contributed by atoms with Gasteiger partial charge in [-0.05, 0) is 25.0 Å². The summed E-state index contributed by atoms with van der Waals surface area (Å²) in [5.41, 5.74) is 2.46. The first-order valence-electron chi connectivity index (χ1n) is 6.98. The molecule has 1 aromatic heterocycles. The van der Waals surface area contributed by atoms with E-state index in [9.17, 15) is 4.79 Å². The highest BCUT2D eigenvalue weighted by Gasteiger charge is 2.14. The third-order valence-electron chi connectivity index (χ3n) is 3.58. The maximum Gasteiger partial charge on any atom is 0.309 e. The lowest BCUT2D eigenvalue weighted by molar-refractivity contribution is -0.144. The molecule has 0 spiro atoms. The molecule has 0 bridgehead atoms.